The lowest BCUT2D eigenvalue weighted by Gasteiger charge is -2.03. The molecule has 0 bridgehead atoms. The molecule has 0 unspecified atom stereocenters. The van der Waals surface area contributed by atoms with Crippen LogP contribution in [0.4, 0.5) is 0 Å². The molecule has 0 saturated heterocycles. The largest absolute Gasteiger partial charge is 0.507 e. The van der Waals surface area contributed by atoms with Gasteiger partial charge in [0.1, 0.15) is 17.3 Å². The smallest absolute Gasteiger partial charge is 0.338 e. The standard InChI is InChI=1S/C21H18N2O5/c1-2-27-21(26)15-7-5-6-14(12-15)19-11-10-16(28-19)13-22-23-20(25)17-8-3-4-9-18(17)24/h3-13,24H,2H2,1H3,(H,23,25)/b22-13+. The number of hydrogen-bond acceptors (Lipinski definition) is 6. The van der Waals surface area contributed by atoms with Gasteiger partial charge in [0, 0.05) is 5.56 Å². The number of aromatic hydroxyl groups is 1. The molecule has 0 aliphatic heterocycles. The van der Waals surface area contributed by atoms with Crippen molar-refractivity contribution in [1.82, 2.24) is 5.43 Å². The number of carbonyl (C=O) groups excluding carboxylic acids is 2. The lowest BCUT2D eigenvalue weighted by molar-refractivity contribution is 0.0526. The predicted octanol–water partition coefficient (Wildman–Crippen LogP) is 3.59. The number of para-hydroxylation sites is 1. The Morgan fingerprint density at radius 1 is 1.14 bits per heavy atom. The highest BCUT2D eigenvalue weighted by atomic mass is 16.5. The van der Waals surface area contributed by atoms with Crippen molar-refractivity contribution in [3.05, 3.63) is 77.6 Å². The van der Waals surface area contributed by atoms with Crippen molar-refractivity contribution in [2.24, 2.45) is 5.10 Å². The molecule has 0 aliphatic carbocycles. The van der Waals surface area contributed by atoms with Gasteiger partial charge in [-0.25, -0.2) is 10.2 Å². The van der Waals surface area contributed by atoms with Gasteiger partial charge in [0.2, 0.25) is 0 Å². The average molecular weight is 378 g/mol. The average Bonchev–Trinajstić information content (AvgIpc) is 3.17. The molecule has 7 nitrogen and oxygen atoms in total. The van der Waals surface area contributed by atoms with Gasteiger partial charge in [-0.1, -0.05) is 24.3 Å². The first kappa shape index (κ1) is 18.9. The molecular formula is C21H18N2O5. The molecule has 0 radical (unpaired) electrons. The van der Waals surface area contributed by atoms with Gasteiger partial charge in [-0.05, 0) is 43.3 Å². The summed E-state index contributed by atoms with van der Waals surface area (Å²) in [4.78, 5) is 23.8. The Kier molecular flexibility index (Phi) is 5.86. The first-order valence-electron chi connectivity index (χ1n) is 8.57. The zero-order valence-electron chi connectivity index (χ0n) is 15.1. The molecule has 1 aromatic heterocycles. The Hall–Kier alpha value is -3.87. The number of amides is 1. The van der Waals surface area contributed by atoms with Crippen molar-refractivity contribution in [2.75, 3.05) is 6.61 Å². The first-order chi connectivity index (χ1) is 13.6. The third-order valence-electron chi connectivity index (χ3n) is 3.79. The summed E-state index contributed by atoms with van der Waals surface area (Å²) in [6, 6.07) is 16.5. The Balaban J connectivity index is 1.68. The molecule has 28 heavy (non-hydrogen) atoms. The highest BCUT2D eigenvalue weighted by molar-refractivity contribution is 5.97. The normalized spacial score (nSPS) is 10.8. The first-order valence-corrected chi connectivity index (χ1v) is 8.57. The fourth-order valence-electron chi connectivity index (χ4n) is 2.47. The number of phenols is 1. The SMILES string of the molecule is CCOC(=O)c1cccc(-c2ccc(/C=N/NC(=O)c3ccccc3O)o2)c1. The van der Waals surface area contributed by atoms with Crippen LogP contribution in [0.2, 0.25) is 0 Å². The maximum Gasteiger partial charge on any atom is 0.338 e. The van der Waals surface area contributed by atoms with Crippen LogP contribution in [0.1, 0.15) is 33.4 Å². The summed E-state index contributed by atoms with van der Waals surface area (Å²) in [7, 11) is 0. The number of hydrogen-bond donors (Lipinski definition) is 2. The Bertz CT molecular complexity index is 1020. The number of nitrogens with zero attached hydrogens (tertiary/aromatic N) is 1. The molecule has 2 N–H and O–H groups in total. The second kappa shape index (κ2) is 8.68. The van der Waals surface area contributed by atoms with Crippen LogP contribution >= 0.6 is 0 Å². The van der Waals surface area contributed by atoms with E-state index in [4.69, 9.17) is 9.15 Å². The summed E-state index contributed by atoms with van der Waals surface area (Å²) in [5.41, 5.74) is 3.59. The molecule has 7 heteroatoms. The van der Waals surface area contributed by atoms with Gasteiger partial charge in [0.15, 0.2) is 0 Å². The molecule has 2 aromatic carbocycles. The summed E-state index contributed by atoms with van der Waals surface area (Å²) in [6.45, 7) is 2.05. The minimum Gasteiger partial charge on any atom is -0.507 e. The summed E-state index contributed by atoms with van der Waals surface area (Å²) < 4.78 is 10.7. The van der Waals surface area contributed by atoms with Gasteiger partial charge in [-0.2, -0.15) is 5.10 Å². The fraction of sp³-hybridized carbons (Fsp3) is 0.0952. The third kappa shape index (κ3) is 4.45. The Morgan fingerprint density at radius 2 is 1.96 bits per heavy atom. The molecule has 0 fully saturated rings. The van der Waals surface area contributed by atoms with E-state index in [2.05, 4.69) is 10.5 Å². The number of benzene rings is 2. The number of rotatable bonds is 6. The van der Waals surface area contributed by atoms with Crippen LogP contribution in [0, 0.1) is 0 Å². The fourth-order valence-corrected chi connectivity index (χ4v) is 2.47. The number of furan rings is 1. The van der Waals surface area contributed by atoms with Crippen LogP contribution in [0.3, 0.4) is 0 Å². The molecule has 142 valence electrons. The van der Waals surface area contributed by atoms with Crippen molar-refractivity contribution in [3.8, 4) is 17.1 Å². The van der Waals surface area contributed by atoms with Crippen molar-refractivity contribution < 1.29 is 23.8 Å². The summed E-state index contributed by atoms with van der Waals surface area (Å²) >= 11 is 0. The predicted molar refractivity (Wildman–Crippen MR) is 103 cm³/mol. The van der Waals surface area contributed by atoms with Crippen LogP contribution in [0.5, 0.6) is 5.75 Å². The van der Waals surface area contributed by atoms with E-state index in [1.54, 1.807) is 49.4 Å². The zero-order valence-corrected chi connectivity index (χ0v) is 15.1. The Labute approximate surface area is 161 Å². The third-order valence-corrected chi connectivity index (χ3v) is 3.79. The summed E-state index contributed by atoms with van der Waals surface area (Å²) in [5, 5.41) is 13.5. The van der Waals surface area contributed by atoms with E-state index < -0.39 is 11.9 Å². The number of phenolic OH excluding ortho intramolecular Hbond substituents is 1. The molecule has 0 saturated carbocycles. The lowest BCUT2D eigenvalue weighted by Crippen LogP contribution is -2.17. The molecule has 0 atom stereocenters. The Morgan fingerprint density at radius 3 is 2.75 bits per heavy atom. The van der Waals surface area contributed by atoms with Crippen molar-refractivity contribution in [3.63, 3.8) is 0 Å². The number of ether oxygens (including phenoxy) is 1. The topological polar surface area (TPSA) is 101 Å². The van der Waals surface area contributed by atoms with Gasteiger partial charge >= 0.3 is 5.97 Å². The maximum absolute atomic E-state index is 12.0. The van der Waals surface area contributed by atoms with Crippen LogP contribution < -0.4 is 5.43 Å². The van der Waals surface area contributed by atoms with E-state index in [0.717, 1.165) is 0 Å². The molecule has 0 spiro atoms. The van der Waals surface area contributed by atoms with Crippen LogP contribution in [-0.4, -0.2) is 29.8 Å². The van der Waals surface area contributed by atoms with Crippen LogP contribution in [0.15, 0.2) is 70.2 Å². The van der Waals surface area contributed by atoms with E-state index in [1.165, 1.54) is 18.3 Å². The van der Waals surface area contributed by atoms with Crippen LogP contribution in [0.25, 0.3) is 11.3 Å². The molecule has 1 amide bonds. The number of esters is 1. The van der Waals surface area contributed by atoms with Gasteiger partial charge < -0.3 is 14.3 Å². The van der Waals surface area contributed by atoms with E-state index >= 15 is 0 Å². The monoisotopic (exact) mass is 378 g/mol. The molecule has 3 aromatic rings. The molecule has 3 rings (SSSR count). The van der Waals surface area contributed by atoms with Crippen molar-refractivity contribution in [1.29, 1.82) is 0 Å². The highest BCUT2D eigenvalue weighted by Gasteiger charge is 2.11. The van der Waals surface area contributed by atoms with Gasteiger partial charge in [0.25, 0.3) is 5.91 Å². The second-order valence-corrected chi connectivity index (χ2v) is 5.72. The second-order valence-electron chi connectivity index (χ2n) is 5.72. The summed E-state index contributed by atoms with van der Waals surface area (Å²) in [5.74, 6) is -0.112. The zero-order chi connectivity index (χ0) is 19.9. The molecule has 0 aliphatic rings. The number of hydrazone groups is 1. The number of nitrogens with one attached hydrogen (secondary N) is 1. The molecule has 1 heterocycles. The van der Waals surface area contributed by atoms with Crippen LogP contribution in [-0.2, 0) is 4.74 Å². The minimum atomic E-state index is -0.539. The highest BCUT2D eigenvalue weighted by Crippen LogP contribution is 2.23. The quantitative estimate of drug-likeness (QED) is 0.388. The van der Waals surface area contributed by atoms with Crippen molar-refractivity contribution >= 4 is 18.1 Å². The van der Waals surface area contributed by atoms with E-state index in [-0.39, 0.29) is 11.3 Å². The van der Waals surface area contributed by atoms with Gasteiger partial charge in [-0.15, -0.1) is 0 Å². The number of carbonyl (C=O) groups is 2. The molecular weight excluding hydrogens is 360 g/mol. The van der Waals surface area contributed by atoms with Gasteiger partial charge in [0.05, 0.1) is 23.9 Å². The lowest BCUT2D eigenvalue weighted by atomic mass is 10.1. The van der Waals surface area contributed by atoms with E-state index in [0.29, 0.717) is 29.3 Å². The van der Waals surface area contributed by atoms with E-state index in [9.17, 15) is 14.7 Å². The van der Waals surface area contributed by atoms with Crippen molar-refractivity contribution in [2.45, 2.75) is 6.92 Å². The maximum atomic E-state index is 12.0. The van der Waals surface area contributed by atoms with E-state index in [1.807, 2.05) is 6.07 Å². The minimum absolute atomic E-state index is 0.121. The summed E-state index contributed by atoms with van der Waals surface area (Å²) in [6.07, 6.45) is 1.34. The van der Waals surface area contributed by atoms with Gasteiger partial charge in [-0.3, -0.25) is 4.79 Å².